The van der Waals surface area contributed by atoms with Gasteiger partial charge in [-0.1, -0.05) is 31.0 Å². The largest absolute Gasteiger partial charge is 0.379 e. The summed E-state index contributed by atoms with van der Waals surface area (Å²) in [4.78, 5) is 35.1. The molecule has 8 nitrogen and oxygen atoms in total. The molecule has 0 atom stereocenters. The average molecular weight is 601 g/mol. The van der Waals surface area contributed by atoms with Gasteiger partial charge in [-0.15, -0.1) is 22.9 Å². The molecule has 1 aliphatic rings. The second-order valence-electron chi connectivity index (χ2n) is 9.52. The van der Waals surface area contributed by atoms with Crippen molar-refractivity contribution in [2.24, 2.45) is 4.99 Å². The molecular formula is C31H41ClN4O4S. The van der Waals surface area contributed by atoms with E-state index >= 15 is 0 Å². The van der Waals surface area contributed by atoms with E-state index in [0.29, 0.717) is 43.8 Å². The maximum Gasteiger partial charge on any atom is 0.278 e. The van der Waals surface area contributed by atoms with Crippen molar-refractivity contribution in [3.8, 4) is 0 Å². The van der Waals surface area contributed by atoms with Crippen LogP contribution in [0, 0.1) is 0 Å². The van der Waals surface area contributed by atoms with Crippen LogP contribution < -0.4 is 10.2 Å². The van der Waals surface area contributed by atoms with Crippen LogP contribution in [0.2, 0.25) is 0 Å². The zero-order valence-electron chi connectivity index (χ0n) is 24.0. The summed E-state index contributed by atoms with van der Waals surface area (Å²) in [5.41, 5.74) is 2.26. The number of hydrogen-bond donors (Lipinski definition) is 1. The minimum atomic E-state index is -0.309. The average Bonchev–Trinajstić information content (AvgIpc) is 3.61. The number of hydrogen-bond acceptors (Lipinski definition) is 7. The number of carbonyl (C=O) groups excluding carboxylic acids is 2. The molecule has 0 saturated carbocycles. The van der Waals surface area contributed by atoms with Crippen LogP contribution in [0.5, 0.6) is 0 Å². The van der Waals surface area contributed by atoms with Gasteiger partial charge in [0.05, 0.1) is 19.8 Å². The Morgan fingerprint density at radius 2 is 1.80 bits per heavy atom. The van der Waals surface area contributed by atoms with Crippen LogP contribution in [0.3, 0.4) is 0 Å². The van der Waals surface area contributed by atoms with Gasteiger partial charge < -0.3 is 19.7 Å². The van der Waals surface area contributed by atoms with Crippen LogP contribution in [0.4, 0.5) is 5.69 Å². The van der Waals surface area contributed by atoms with E-state index in [1.165, 1.54) is 4.90 Å². The first-order valence-corrected chi connectivity index (χ1v) is 15.6. The molecule has 0 bridgehead atoms. The number of carbonyl (C=O) groups is 2. The number of ether oxygens (including phenoxy) is 2. The summed E-state index contributed by atoms with van der Waals surface area (Å²) in [6.07, 6.45) is 9.75. The summed E-state index contributed by atoms with van der Waals surface area (Å²) in [6.45, 7) is 5.29. The highest BCUT2D eigenvalue weighted by atomic mass is 35.5. The number of thiophene rings is 1. The number of nitrogens with zero attached hydrogens (tertiary/aromatic N) is 3. The highest BCUT2D eigenvalue weighted by Gasteiger charge is 2.30. The number of unbranched alkanes of at least 4 members (excludes halogenated alkanes) is 3. The second-order valence-corrected chi connectivity index (χ2v) is 10.9. The van der Waals surface area contributed by atoms with Gasteiger partial charge in [-0.05, 0) is 67.1 Å². The van der Waals surface area contributed by atoms with Crippen LogP contribution in [-0.4, -0.2) is 81.5 Å². The first-order valence-electron chi connectivity index (χ1n) is 14.1. The first-order chi connectivity index (χ1) is 20.0. The number of rotatable bonds is 19. The maximum absolute atomic E-state index is 13.3. The number of benzene rings is 1. The normalized spacial score (nSPS) is 14.3. The molecule has 222 valence electrons. The van der Waals surface area contributed by atoms with E-state index in [2.05, 4.69) is 22.1 Å². The van der Waals surface area contributed by atoms with Crippen molar-refractivity contribution in [2.45, 2.75) is 32.6 Å². The number of aliphatic imine (C=N–C) groups is 1. The Kier molecular flexibility index (Phi) is 14.6. The summed E-state index contributed by atoms with van der Waals surface area (Å²) >= 11 is 7.26. The maximum atomic E-state index is 13.3. The molecule has 1 aromatic heterocycles. The second kappa shape index (κ2) is 18.5. The van der Waals surface area contributed by atoms with Crippen LogP contribution in [0.15, 0.2) is 58.5 Å². The monoisotopic (exact) mass is 600 g/mol. The van der Waals surface area contributed by atoms with Crippen LogP contribution in [-0.2, 0) is 19.1 Å². The summed E-state index contributed by atoms with van der Waals surface area (Å²) in [7, 11) is 2.03. The molecule has 0 aliphatic carbocycles. The molecule has 10 heteroatoms. The van der Waals surface area contributed by atoms with Gasteiger partial charge in [-0.2, -0.15) is 0 Å². The molecular weight excluding hydrogens is 560 g/mol. The van der Waals surface area contributed by atoms with Gasteiger partial charge in [0.1, 0.15) is 18.1 Å². The number of amidine groups is 1. The number of amides is 2. The van der Waals surface area contributed by atoms with E-state index in [1.54, 1.807) is 23.5 Å². The predicted molar refractivity (Wildman–Crippen MR) is 170 cm³/mol. The molecule has 2 aromatic rings. The lowest BCUT2D eigenvalue weighted by molar-refractivity contribution is -0.129. The number of alkyl halides is 1. The lowest BCUT2D eigenvalue weighted by atomic mass is 10.1. The standard InChI is InChI=1S/C31H41ClN4O4S/c1-3-35(2)26-12-10-25(11-13-26)23-28-31(38)36(29(34-28)15-14-27-9-8-22-41-27)24-30(37)33-17-19-40-21-20-39-18-7-5-4-6-16-32/h8-15,22-23H,3-7,16-21,24H2,1-2H3,(H,33,37)/b15-14+,28-23-. The van der Waals surface area contributed by atoms with Gasteiger partial charge in [0.15, 0.2) is 0 Å². The highest BCUT2D eigenvalue weighted by Crippen LogP contribution is 2.22. The molecule has 0 fully saturated rings. The van der Waals surface area contributed by atoms with Crippen LogP contribution in [0.25, 0.3) is 12.2 Å². The summed E-state index contributed by atoms with van der Waals surface area (Å²) in [5, 5.41) is 4.81. The van der Waals surface area contributed by atoms with Gasteiger partial charge in [-0.3, -0.25) is 14.5 Å². The third kappa shape index (κ3) is 11.4. The van der Waals surface area contributed by atoms with Crippen molar-refractivity contribution < 1.29 is 19.1 Å². The van der Waals surface area contributed by atoms with E-state index in [0.717, 1.165) is 55.0 Å². The molecule has 2 heterocycles. The molecule has 41 heavy (non-hydrogen) atoms. The van der Waals surface area contributed by atoms with Gasteiger partial charge in [0.2, 0.25) is 5.91 Å². The van der Waals surface area contributed by atoms with Crippen molar-refractivity contribution >= 4 is 58.4 Å². The molecule has 2 amide bonds. The lowest BCUT2D eigenvalue weighted by Crippen LogP contribution is -2.41. The van der Waals surface area contributed by atoms with Gasteiger partial charge in [0.25, 0.3) is 5.91 Å². The smallest absolute Gasteiger partial charge is 0.278 e. The Morgan fingerprint density at radius 3 is 2.51 bits per heavy atom. The van der Waals surface area contributed by atoms with Gasteiger partial charge in [-0.25, -0.2) is 4.99 Å². The Labute approximate surface area is 252 Å². The zero-order chi connectivity index (χ0) is 29.3. The minimum Gasteiger partial charge on any atom is -0.379 e. The Balaban J connectivity index is 1.49. The number of nitrogens with one attached hydrogen (secondary N) is 1. The van der Waals surface area contributed by atoms with E-state index in [4.69, 9.17) is 21.1 Å². The molecule has 0 unspecified atom stereocenters. The highest BCUT2D eigenvalue weighted by molar-refractivity contribution is 7.10. The fourth-order valence-electron chi connectivity index (χ4n) is 3.99. The Hall–Kier alpha value is -2.98. The fourth-order valence-corrected chi connectivity index (χ4v) is 4.80. The molecule has 0 spiro atoms. The summed E-state index contributed by atoms with van der Waals surface area (Å²) in [5.74, 6) is 0.562. The van der Waals surface area contributed by atoms with Crippen molar-refractivity contribution in [3.05, 3.63) is 64.0 Å². The summed E-state index contributed by atoms with van der Waals surface area (Å²) < 4.78 is 11.1. The zero-order valence-corrected chi connectivity index (χ0v) is 25.6. The third-order valence-electron chi connectivity index (χ3n) is 6.44. The Morgan fingerprint density at radius 1 is 1.05 bits per heavy atom. The molecule has 1 aliphatic heterocycles. The third-order valence-corrected chi connectivity index (χ3v) is 7.55. The number of anilines is 1. The Bertz CT molecular complexity index is 1170. The molecule has 0 radical (unpaired) electrons. The molecule has 3 rings (SSSR count). The van der Waals surface area contributed by atoms with Gasteiger partial charge in [0, 0.05) is 43.2 Å². The van der Waals surface area contributed by atoms with Crippen LogP contribution >= 0.6 is 22.9 Å². The lowest BCUT2D eigenvalue weighted by Gasteiger charge is -2.16. The van der Waals surface area contributed by atoms with Crippen molar-refractivity contribution in [3.63, 3.8) is 0 Å². The number of halogens is 1. The van der Waals surface area contributed by atoms with Crippen LogP contribution in [0.1, 0.15) is 43.0 Å². The van der Waals surface area contributed by atoms with E-state index in [-0.39, 0.29) is 18.4 Å². The topological polar surface area (TPSA) is 83.5 Å². The molecule has 1 N–H and O–H groups in total. The van der Waals surface area contributed by atoms with Crippen molar-refractivity contribution in [2.75, 3.05) is 63.9 Å². The quantitative estimate of drug-likeness (QED) is 0.132. The minimum absolute atomic E-state index is 0.128. The SMILES string of the molecule is CCN(C)c1ccc(/C=C2N=C(/C=C/c3cccs3)N(CC(=O)NCCOCCOCCCCCCCl)C\2=O)cc1. The van der Waals surface area contributed by atoms with E-state index in [9.17, 15) is 9.59 Å². The van der Waals surface area contributed by atoms with Crippen molar-refractivity contribution in [1.29, 1.82) is 0 Å². The predicted octanol–water partition coefficient (Wildman–Crippen LogP) is 5.45. The van der Waals surface area contributed by atoms with Gasteiger partial charge >= 0.3 is 0 Å². The first kappa shape index (κ1) is 32.5. The summed E-state index contributed by atoms with van der Waals surface area (Å²) in [6, 6.07) is 11.9. The van der Waals surface area contributed by atoms with Crippen molar-refractivity contribution in [1.82, 2.24) is 10.2 Å². The molecule has 0 saturated heterocycles. The van der Waals surface area contributed by atoms with E-state index < -0.39 is 0 Å². The fraction of sp³-hybridized carbons (Fsp3) is 0.452. The van der Waals surface area contributed by atoms with E-state index in [1.807, 2.05) is 54.9 Å². The molecule has 1 aromatic carbocycles.